The van der Waals surface area contributed by atoms with Crippen LogP contribution in [0.5, 0.6) is 11.5 Å². The third-order valence-corrected chi connectivity index (χ3v) is 12.4. The highest BCUT2D eigenvalue weighted by Crippen LogP contribution is 2.41. The van der Waals surface area contributed by atoms with E-state index in [1.54, 1.807) is 26.2 Å². The molecule has 3 aromatic carbocycles. The largest absolute Gasteiger partial charge is 0.469 e. The molecular formula is C39H45BrF2N4O6S. The molecule has 2 N–H and O–H groups in total. The molecule has 0 amide bonds. The Morgan fingerprint density at radius 2 is 1.83 bits per heavy atom. The Bertz CT molecular complexity index is 2220. The quantitative estimate of drug-likeness (QED) is 0.0956. The van der Waals surface area contributed by atoms with Gasteiger partial charge in [0.05, 0.1) is 46.6 Å². The number of nitrogens with zero attached hydrogens (tertiary/aromatic N) is 3. The zero-order valence-electron chi connectivity index (χ0n) is 30.7. The molecule has 0 aliphatic rings. The molecule has 0 bridgehead atoms. The summed E-state index contributed by atoms with van der Waals surface area (Å²) in [6.45, 7) is 7.16. The minimum atomic E-state index is -3.44. The van der Waals surface area contributed by atoms with Gasteiger partial charge in [0.1, 0.15) is 11.6 Å². The molecule has 2 atom stereocenters. The van der Waals surface area contributed by atoms with E-state index in [9.17, 15) is 18.3 Å². The lowest BCUT2D eigenvalue weighted by Gasteiger charge is -2.30. The number of aromatic nitrogens is 4. The molecule has 10 nitrogen and oxygen atoms in total. The Kier molecular flexibility index (Phi) is 12.1. The summed E-state index contributed by atoms with van der Waals surface area (Å²) in [7, 11) is -0.421. The van der Waals surface area contributed by atoms with Crippen LogP contribution in [0.1, 0.15) is 63.9 Å². The van der Waals surface area contributed by atoms with Crippen molar-refractivity contribution in [2.45, 2.75) is 58.8 Å². The number of H-pyrrole nitrogens is 1. The van der Waals surface area contributed by atoms with Gasteiger partial charge in [-0.3, -0.25) is 4.79 Å². The number of hydrogen-bond donors (Lipinski definition) is 2. The highest BCUT2D eigenvalue weighted by Gasteiger charge is 2.36. The van der Waals surface area contributed by atoms with Gasteiger partial charge in [0.15, 0.2) is 33.1 Å². The molecule has 5 rings (SSSR count). The molecule has 2 heterocycles. The smallest absolute Gasteiger partial charge is 0.308 e. The van der Waals surface area contributed by atoms with Gasteiger partial charge in [-0.2, -0.15) is 5.10 Å². The van der Waals surface area contributed by atoms with Crippen LogP contribution in [-0.2, 0) is 38.3 Å². The standard InChI is InChI=1S/C39H45BrF2N4O6S/c1-24(36(48)51-6)19-25-9-7-10-26(20-25)39(4,15-8-14-38(2,3)23-53(49,50)18-17-47)37-44-35(46(5)45-37)29-21-27(11-12-30(29)41)52-34-31(42)22-32-28(33(34)40)13-16-43-32/h7,9-13,16,20-22,24,43,47H,8,14-15,17-19,23H2,1-6H3/t24-,39?/m1/s1. The van der Waals surface area contributed by atoms with Gasteiger partial charge in [0, 0.05) is 30.2 Å². The number of aromatic amines is 1. The van der Waals surface area contributed by atoms with Gasteiger partial charge >= 0.3 is 5.97 Å². The lowest BCUT2D eigenvalue weighted by atomic mass is 9.75. The highest BCUT2D eigenvalue weighted by atomic mass is 79.9. The van der Waals surface area contributed by atoms with Gasteiger partial charge in [-0.1, -0.05) is 51.5 Å². The molecule has 0 aliphatic heterocycles. The number of carbonyl (C=O) groups is 1. The van der Waals surface area contributed by atoms with E-state index in [2.05, 4.69) is 20.9 Å². The van der Waals surface area contributed by atoms with Crippen LogP contribution in [0.15, 0.2) is 65.3 Å². The number of aryl methyl sites for hydroxylation is 1. The fourth-order valence-corrected chi connectivity index (χ4v) is 9.15. The monoisotopic (exact) mass is 814 g/mol. The summed E-state index contributed by atoms with van der Waals surface area (Å²) in [6.07, 6.45) is 3.80. The number of fused-ring (bicyclic) bond motifs is 1. The van der Waals surface area contributed by atoms with Crippen molar-refractivity contribution in [2.75, 3.05) is 25.2 Å². The van der Waals surface area contributed by atoms with Crippen LogP contribution in [0.2, 0.25) is 0 Å². The second-order valence-electron chi connectivity index (χ2n) is 14.6. The van der Waals surface area contributed by atoms with Crippen LogP contribution in [-0.4, -0.2) is 64.5 Å². The molecule has 2 aromatic heterocycles. The first kappa shape index (κ1) is 40.1. The number of nitrogens with one attached hydrogen (secondary N) is 1. The van der Waals surface area contributed by atoms with E-state index in [1.165, 1.54) is 36.1 Å². The number of aliphatic hydroxyl groups is 1. The maximum Gasteiger partial charge on any atom is 0.308 e. The number of aliphatic hydroxyl groups excluding tert-OH is 1. The van der Waals surface area contributed by atoms with E-state index < -0.39 is 38.9 Å². The summed E-state index contributed by atoms with van der Waals surface area (Å²) < 4.78 is 68.7. The van der Waals surface area contributed by atoms with Gasteiger partial charge < -0.3 is 19.6 Å². The first-order valence-corrected chi connectivity index (χ1v) is 19.9. The molecule has 0 fully saturated rings. The zero-order valence-corrected chi connectivity index (χ0v) is 33.1. The normalized spacial score (nSPS) is 13.9. The number of methoxy groups -OCH3 is 1. The van der Waals surface area contributed by atoms with Gasteiger partial charge in [0.25, 0.3) is 0 Å². The van der Waals surface area contributed by atoms with E-state index >= 15 is 8.78 Å². The number of halogens is 3. The van der Waals surface area contributed by atoms with Gasteiger partial charge in [-0.25, -0.2) is 26.9 Å². The van der Waals surface area contributed by atoms with E-state index in [1.807, 2.05) is 45.0 Å². The molecule has 5 aromatic rings. The lowest BCUT2D eigenvalue weighted by Crippen LogP contribution is -2.29. The Hall–Kier alpha value is -4.14. The number of ether oxygens (including phenoxy) is 2. The van der Waals surface area contributed by atoms with E-state index in [0.717, 1.165) is 16.5 Å². The minimum Gasteiger partial charge on any atom is -0.469 e. The van der Waals surface area contributed by atoms with Crippen LogP contribution in [0, 0.1) is 23.0 Å². The van der Waals surface area contributed by atoms with Gasteiger partial charge in [0.2, 0.25) is 0 Å². The number of sulfone groups is 1. The Morgan fingerprint density at radius 3 is 2.55 bits per heavy atom. The summed E-state index contributed by atoms with van der Waals surface area (Å²) in [4.78, 5) is 20.1. The molecule has 0 spiro atoms. The van der Waals surface area contributed by atoms with Crippen LogP contribution in [0.3, 0.4) is 0 Å². The second-order valence-corrected chi connectivity index (χ2v) is 17.5. The van der Waals surface area contributed by atoms with Crippen molar-refractivity contribution in [3.05, 3.63) is 93.9 Å². The number of rotatable bonds is 16. The summed E-state index contributed by atoms with van der Waals surface area (Å²) >= 11 is 3.44. The number of carbonyl (C=O) groups excluding carboxylic acids is 1. The van der Waals surface area contributed by atoms with E-state index in [-0.39, 0.29) is 46.3 Å². The maximum absolute atomic E-state index is 15.6. The van der Waals surface area contributed by atoms with Crippen molar-refractivity contribution >= 4 is 42.6 Å². The predicted octanol–water partition coefficient (Wildman–Crippen LogP) is 8.06. The Labute approximate surface area is 317 Å². The van der Waals surface area contributed by atoms with Crippen molar-refractivity contribution in [1.29, 1.82) is 0 Å². The zero-order chi connectivity index (χ0) is 38.7. The fourth-order valence-electron chi connectivity index (χ4n) is 6.78. The topological polar surface area (TPSA) is 136 Å². The Morgan fingerprint density at radius 1 is 1.08 bits per heavy atom. The summed E-state index contributed by atoms with van der Waals surface area (Å²) in [5.41, 5.74) is 1.07. The highest BCUT2D eigenvalue weighted by molar-refractivity contribution is 9.10. The maximum atomic E-state index is 15.6. The summed E-state index contributed by atoms with van der Waals surface area (Å²) in [5, 5.41) is 14.8. The molecule has 0 aliphatic carbocycles. The summed E-state index contributed by atoms with van der Waals surface area (Å²) in [5.74, 6) is -1.46. The SMILES string of the molecule is COC(=O)[C@H](C)Cc1cccc(C(C)(CCCC(C)(C)CS(=O)(=O)CCO)c2nc(-c3cc(Oc4c(F)cc5[nH]ccc5c4Br)ccc3F)n(C)n2)c1. The minimum absolute atomic E-state index is 0.0469. The average Bonchev–Trinajstić information content (AvgIpc) is 3.73. The fraction of sp³-hybridized carbons (Fsp3) is 0.410. The average molecular weight is 816 g/mol. The third-order valence-electron chi connectivity index (χ3n) is 9.61. The number of benzene rings is 3. The molecular weight excluding hydrogens is 770 g/mol. The van der Waals surface area contributed by atoms with Crippen LogP contribution in [0.25, 0.3) is 22.3 Å². The predicted molar refractivity (Wildman–Crippen MR) is 204 cm³/mol. The lowest BCUT2D eigenvalue weighted by molar-refractivity contribution is -0.144. The van der Waals surface area contributed by atoms with E-state index in [4.69, 9.17) is 19.6 Å². The first-order chi connectivity index (χ1) is 25.0. The molecule has 53 heavy (non-hydrogen) atoms. The van der Waals surface area contributed by atoms with Crippen molar-refractivity contribution in [1.82, 2.24) is 19.7 Å². The second kappa shape index (κ2) is 16.1. The van der Waals surface area contributed by atoms with Crippen LogP contribution < -0.4 is 4.74 Å². The molecule has 0 radical (unpaired) electrons. The number of esters is 1. The molecule has 1 unspecified atom stereocenters. The number of hydrogen-bond acceptors (Lipinski definition) is 8. The third kappa shape index (κ3) is 9.15. The van der Waals surface area contributed by atoms with Crippen molar-refractivity contribution in [2.24, 2.45) is 18.4 Å². The molecule has 0 saturated heterocycles. The van der Waals surface area contributed by atoms with Crippen LogP contribution in [0.4, 0.5) is 8.78 Å². The van der Waals surface area contributed by atoms with Gasteiger partial charge in [-0.05, 0) is 82.9 Å². The van der Waals surface area contributed by atoms with Crippen LogP contribution >= 0.6 is 15.9 Å². The van der Waals surface area contributed by atoms with Crippen molar-refractivity contribution < 1.29 is 36.6 Å². The first-order valence-electron chi connectivity index (χ1n) is 17.3. The summed E-state index contributed by atoms with van der Waals surface area (Å²) in [6, 6.07) is 15.0. The Balaban J connectivity index is 1.51. The molecule has 0 saturated carbocycles. The molecule has 14 heteroatoms. The molecule has 284 valence electrons. The van der Waals surface area contributed by atoms with Crippen molar-refractivity contribution in [3.63, 3.8) is 0 Å². The van der Waals surface area contributed by atoms with E-state index in [0.29, 0.717) is 41.5 Å². The van der Waals surface area contributed by atoms with Crippen molar-refractivity contribution in [3.8, 4) is 22.9 Å². The van der Waals surface area contributed by atoms with Gasteiger partial charge in [-0.15, -0.1) is 0 Å².